The fraction of sp³-hybridized carbons (Fsp3) is 0.444. The summed E-state index contributed by atoms with van der Waals surface area (Å²) >= 11 is 12.2. The van der Waals surface area contributed by atoms with Crippen LogP contribution >= 0.6 is 23.2 Å². The minimum Gasteiger partial charge on any atom is -0.425 e. The second-order valence-electron chi connectivity index (χ2n) is 10.4. The van der Waals surface area contributed by atoms with Crippen LogP contribution in [0.4, 0.5) is 5.69 Å². The van der Waals surface area contributed by atoms with Crippen molar-refractivity contribution in [3.8, 4) is 5.75 Å². The smallest absolute Gasteiger partial charge is 0.333 e. The van der Waals surface area contributed by atoms with E-state index in [2.05, 4.69) is 10.6 Å². The summed E-state index contributed by atoms with van der Waals surface area (Å²) in [7, 11) is 0. The summed E-state index contributed by atoms with van der Waals surface area (Å²) in [5.41, 5.74) is 0.372. The first kappa shape index (κ1) is 24.1. The van der Waals surface area contributed by atoms with E-state index in [-0.39, 0.29) is 26.9 Å². The molecule has 2 amide bonds. The maximum absolute atomic E-state index is 13.2. The molecule has 4 bridgehead atoms. The maximum atomic E-state index is 13.2. The summed E-state index contributed by atoms with van der Waals surface area (Å²) in [5.74, 6) is 1.32. The molecule has 4 aliphatic carbocycles. The minimum atomic E-state index is -0.753. The van der Waals surface area contributed by atoms with Crippen LogP contribution in [0.3, 0.4) is 0 Å². The van der Waals surface area contributed by atoms with Crippen molar-refractivity contribution < 1.29 is 19.1 Å². The number of anilines is 1. The first-order chi connectivity index (χ1) is 16.7. The van der Waals surface area contributed by atoms with Crippen molar-refractivity contribution in [2.45, 2.75) is 51.5 Å². The van der Waals surface area contributed by atoms with Crippen LogP contribution in [0, 0.1) is 23.2 Å². The highest BCUT2D eigenvalue weighted by Crippen LogP contribution is 2.60. The fourth-order valence-electron chi connectivity index (χ4n) is 6.52. The van der Waals surface area contributed by atoms with E-state index in [0.29, 0.717) is 29.2 Å². The Morgan fingerprint density at radius 3 is 2.00 bits per heavy atom. The van der Waals surface area contributed by atoms with Gasteiger partial charge in [-0.15, -0.1) is 0 Å². The summed E-state index contributed by atoms with van der Waals surface area (Å²) < 4.78 is 5.47. The van der Waals surface area contributed by atoms with Gasteiger partial charge < -0.3 is 15.4 Å². The van der Waals surface area contributed by atoms with Crippen LogP contribution in [-0.2, 0) is 9.59 Å². The molecule has 35 heavy (non-hydrogen) atoms. The molecule has 8 heteroatoms. The number of hydrogen-bond donors (Lipinski definition) is 2. The Morgan fingerprint density at radius 2 is 1.46 bits per heavy atom. The molecule has 0 spiro atoms. The zero-order valence-corrected chi connectivity index (χ0v) is 21.0. The molecule has 184 valence electrons. The Morgan fingerprint density at radius 1 is 0.914 bits per heavy atom. The third kappa shape index (κ3) is 4.91. The molecular weight excluding hydrogens is 487 g/mol. The molecule has 0 saturated heterocycles. The molecule has 0 aliphatic heterocycles. The lowest BCUT2D eigenvalue weighted by atomic mass is 9.49. The first-order valence-electron chi connectivity index (χ1n) is 12.1. The van der Waals surface area contributed by atoms with Crippen LogP contribution in [0.1, 0.15) is 55.8 Å². The number of nitrogens with one attached hydrogen (secondary N) is 2. The number of ether oxygens (including phenoxy) is 1. The number of rotatable bonds is 6. The zero-order chi connectivity index (χ0) is 24.7. The molecule has 4 fully saturated rings. The van der Waals surface area contributed by atoms with Gasteiger partial charge in [0.25, 0.3) is 5.91 Å². The molecule has 0 heterocycles. The Bertz CT molecular complexity index is 1110. The topological polar surface area (TPSA) is 84.5 Å². The first-order valence-corrected chi connectivity index (χ1v) is 12.9. The molecule has 0 radical (unpaired) electrons. The van der Waals surface area contributed by atoms with E-state index in [1.165, 1.54) is 19.3 Å². The van der Waals surface area contributed by atoms with Crippen molar-refractivity contribution in [3.63, 3.8) is 0 Å². The number of carbonyl (C=O) groups is 3. The van der Waals surface area contributed by atoms with E-state index in [4.69, 9.17) is 27.9 Å². The fourth-order valence-corrected chi connectivity index (χ4v) is 7.09. The highest BCUT2D eigenvalue weighted by atomic mass is 35.5. The van der Waals surface area contributed by atoms with Crippen LogP contribution in [0.2, 0.25) is 10.0 Å². The van der Waals surface area contributed by atoms with Gasteiger partial charge in [0.1, 0.15) is 11.8 Å². The number of halogens is 2. The number of hydrogen-bond acceptors (Lipinski definition) is 4. The summed E-state index contributed by atoms with van der Waals surface area (Å²) in [6.07, 6.45) is 6.60. The maximum Gasteiger partial charge on any atom is 0.333 e. The van der Waals surface area contributed by atoms with Gasteiger partial charge in [-0.1, -0.05) is 29.3 Å². The van der Waals surface area contributed by atoms with Gasteiger partial charge in [0.05, 0.1) is 15.6 Å². The molecule has 0 unspecified atom stereocenters. The average molecular weight is 515 g/mol. The van der Waals surface area contributed by atoms with Crippen molar-refractivity contribution in [1.82, 2.24) is 5.32 Å². The Balaban J connectivity index is 1.16. The van der Waals surface area contributed by atoms with Crippen LogP contribution in [0.15, 0.2) is 42.5 Å². The predicted molar refractivity (Wildman–Crippen MR) is 135 cm³/mol. The molecule has 1 atom stereocenters. The van der Waals surface area contributed by atoms with E-state index < -0.39 is 17.9 Å². The molecule has 2 aromatic carbocycles. The van der Waals surface area contributed by atoms with Crippen LogP contribution in [0.25, 0.3) is 0 Å². The predicted octanol–water partition coefficient (Wildman–Crippen LogP) is 5.87. The van der Waals surface area contributed by atoms with E-state index in [9.17, 15) is 14.4 Å². The van der Waals surface area contributed by atoms with E-state index in [1.807, 2.05) is 0 Å². The van der Waals surface area contributed by atoms with Gasteiger partial charge in [-0.2, -0.15) is 0 Å². The molecule has 4 saturated carbocycles. The molecule has 6 rings (SSSR count). The second-order valence-corrected chi connectivity index (χ2v) is 11.2. The van der Waals surface area contributed by atoms with Crippen LogP contribution in [-0.4, -0.2) is 23.8 Å². The van der Waals surface area contributed by atoms with Gasteiger partial charge >= 0.3 is 5.97 Å². The van der Waals surface area contributed by atoms with Crippen molar-refractivity contribution in [2.24, 2.45) is 23.2 Å². The molecule has 2 aromatic rings. The number of benzene rings is 2. The largest absolute Gasteiger partial charge is 0.425 e. The van der Waals surface area contributed by atoms with Gasteiger partial charge in [-0.25, -0.2) is 4.79 Å². The van der Waals surface area contributed by atoms with Crippen molar-refractivity contribution in [2.75, 3.05) is 5.32 Å². The lowest BCUT2D eigenvalue weighted by Gasteiger charge is -2.55. The summed E-state index contributed by atoms with van der Waals surface area (Å²) in [6.45, 7) is 1.66. The Hall–Kier alpha value is -2.57. The summed E-state index contributed by atoms with van der Waals surface area (Å²) in [5, 5.41) is 6.16. The molecule has 6 nitrogen and oxygen atoms in total. The highest BCUT2D eigenvalue weighted by Gasteiger charge is 2.54. The lowest BCUT2D eigenvalue weighted by Crippen LogP contribution is -2.56. The SMILES string of the molecule is C[C@H](NC(=O)C12CC3CC(CC(C3)C1)C2)C(=O)Oc1ccc(NC(=O)c2c(Cl)cccc2Cl)cc1. The number of carbonyl (C=O) groups excluding carboxylic acids is 3. The van der Waals surface area contributed by atoms with E-state index in [0.717, 1.165) is 19.3 Å². The van der Waals surface area contributed by atoms with E-state index >= 15 is 0 Å². The van der Waals surface area contributed by atoms with Gasteiger partial charge in [0.15, 0.2) is 0 Å². The van der Waals surface area contributed by atoms with E-state index in [1.54, 1.807) is 49.4 Å². The minimum absolute atomic E-state index is 0.00246. The molecule has 0 aromatic heterocycles. The van der Waals surface area contributed by atoms with Gasteiger partial charge in [0, 0.05) is 11.1 Å². The van der Waals surface area contributed by atoms with Crippen LogP contribution in [0.5, 0.6) is 5.75 Å². The average Bonchev–Trinajstić information content (AvgIpc) is 2.79. The van der Waals surface area contributed by atoms with Crippen molar-refractivity contribution >= 4 is 46.7 Å². The number of esters is 1. The third-order valence-electron chi connectivity index (χ3n) is 7.74. The highest BCUT2D eigenvalue weighted by molar-refractivity contribution is 6.40. The van der Waals surface area contributed by atoms with Gasteiger partial charge in [-0.05, 0) is 99.6 Å². The Labute approximate surface area is 214 Å². The number of amides is 2. The Kier molecular flexibility index (Phi) is 6.53. The quantitative estimate of drug-likeness (QED) is 0.372. The second kappa shape index (κ2) is 9.47. The lowest BCUT2D eigenvalue weighted by molar-refractivity contribution is -0.150. The zero-order valence-electron chi connectivity index (χ0n) is 19.5. The van der Waals surface area contributed by atoms with Gasteiger partial charge in [0.2, 0.25) is 5.91 Å². The molecule has 4 aliphatic rings. The van der Waals surface area contributed by atoms with Crippen LogP contribution < -0.4 is 15.4 Å². The van der Waals surface area contributed by atoms with Gasteiger partial charge in [-0.3, -0.25) is 9.59 Å². The third-order valence-corrected chi connectivity index (χ3v) is 8.37. The van der Waals surface area contributed by atoms with Crippen molar-refractivity contribution in [1.29, 1.82) is 0 Å². The monoisotopic (exact) mass is 514 g/mol. The van der Waals surface area contributed by atoms with Crippen molar-refractivity contribution in [3.05, 3.63) is 58.1 Å². The summed E-state index contributed by atoms with van der Waals surface area (Å²) in [6, 6.07) is 10.5. The summed E-state index contributed by atoms with van der Waals surface area (Å²) in [4.78, 5) is 38.4. The molecule has 2 N–H and O–H groups in total. The standard InChI is InChI=1S/C27H28Cl2N2O4/c1-15(30-26(34)27-12-16-9-17(13-27)11-18(10-16)14-27)25(33)35-20-7-5-19(6-8-20)31-24(32)23-21(28)3-2-4-22(23)29/h2-8,15-18H,9-14H2,1H3,(H,30,34)(H,31,32)/t15-,16?,17?,18?,27?/m0/s1. The molecular formula is C27H28Cl2N2O4. The normalized spacial score (nSPS) is 27.2.